The van der Waals surface area contributed by atoms with E-state index in [0.717, 1.165) is 22.0 Å². The summed E-state index contributed by atoms with van der Waals surface area (Å²) in [6, 6.07) is 14.5. The van der Waals surface area contributed by atoms with Crippen LogP contribution in [0.25, 0.3) is 11.3 Å². The Morgan fingerprint density at radius 3 is 2.45 bits per heavy atom. The number of hydrogen-bond acceptors (Lipinski definition) is 6. The number of benzene rings is 2. The number of anilines is 1. The Morgan fingerprint density at radius 1 is 1.07 bits per heavy atom. The van der Waals surface area contributed by atoms with Gasteiger partial charge in [-0.25, -0.2) is 13.4 Å². The summed E-state index contributed by atoms with van der Waals surface area (Å²) in [6.45, 7) is 2.29. The second-order valence-electron chi connectivity index (χ2n) is 6.56. The summed E-state index contributed by atoms with van der Waals surface area (Å²) in [7, 11) is -3.48. The topological polar surface area (TPSA) is 71.5 Å². The van der Waals surface area contributed by atoms with E-state index in [0.29, 0.717) is 42.8 Å². The van der Waals surface area contributed by atoms with Crippen molar-refractivity contribution in [2.45, 2.75) is 11.4 Å². The summed E-state index contributed by atoms with van der Waals surface area (Å²) >= 11 is 7.42. The molecule has 1 saturated heterocycles. The SMILES string of the molecule is O=S(=O)(c1ccc(-c2csc(NCc3ccc(Cl)cc3)n2)cc1)N1CCOCC1. The molecule has 4 rings (SSSR count). The van der Waals surface area contributed by atoms with Gasteiger partial charge in [0.2, 0.25) is 10.0 Å². The van der Waals surface area contributed by atoms with Gasteiger partial charge in [-0.2, -0.15) is 4.31 Å². The first-order valence-corrected chi connectivity index (χ1v) is 11.8. The van der Waals surface area contributed by atoms with Gasteiger partial charge in [0.15, 0.2) is 5.13 Å². The maximum absolute atomic E-state index is 12.7. The van der Waals surface area contributed by atoms with Crippen molar-refractivity contribution in [3.63, 3.8) is 0 Å². The van der Waals surface area contributed by atoms with Crippen molar-refractivity contribution in [1.29, 1.82) is 0 Å². The first kappa shape index (κ1) is 20.3. The van der Waals surface area contributed by atoms with Crippen LogP contribution in [0.3, 0.4) is 0 Å². The molecular weight excluding hydrogens is 430 g/mol. The molecule has 1 N–H and O–H groups in total. The van der Waals surface area contributed by atoms with Gasteiger partial charge in [0, 0.05) is 35.6 Å². The van der Waals surface area contributed by atoms with Crippen molar-refractivity contribution in [2.24, 2.45) is 0 Å². The molecule has 2 aromatic carbocycles. The second-order valence-corrected chi connectivity index (χ2v) is 9.79. The zero-order chi connectivity index (χ0) is 20.3. The van der Waals surface area contributed by atoms with E-state index >= 15 is 0 Å². The molecule has 29 heavy (non-hydrogen) atoms. The van der Waals surface area contributed by atoms with Gasteiger partial charge < -0.3 is 10.1 Å². The minimum Gasteiger partial charge on any atom is -0.379 e. The molecule has 0 amide bonds. The number of hydrogen-bond donors (Lipinski definition) is 1. The monoisotopic (exact) mass is 449 g/mol. The van der Waals surface area contributed by atoms with Crippen molar-refractivity contribution in [1.82, 2.24) is 9.29 Å². The van der Waals surface area contributed by atoms with Crippen LogP contribution < -0.4 is 5.32 Å². The van der Waals surface area contributed by atoms with Crippen LogP contribution >= 0.6 is 22.9 Å². The maximum atomic E-state index is 12.7. The highest BCUT2D eigenvalue weighted by Crippen LogP contribution is 2.27. The molecule has 0 bridgehead atoms. The van der Waals surface area contributed by atoms with Gasteiger partial charge in [-0.1, -0.05) is 35.9 Å². The van der Waals surface area contributed by atoms with Gasteiger partial charge in [0.05, 0.1) is 23.8 Å². The fourth-order valence-corrected chi connectivity index (χ4v) is 5.25. The van der Waals surface area contributed by atoms with Crippen LogP contribution in [0.15, 0.2) is 58.8 Å². The highest BCUT2D eigenvalue weighted by atomic mass is 35.5. The number of morpholine rings is 1. The van der Waals surface area contributed by atoms with Crippen LogP contribution in [0.4, 0.5) is 5.13 Å². The van der Waals surface area contributed by atoms with Gasteiger partial charge in [-0.3, -0.25) is 0 Å². The lowest BCUT2D eigenvalue weighted by atomic mass is 10.2. The molecule has 152 valence electrons. The standard InChI is InChI=1S/C20H20ClN3O3S2/c21-17-5-1-15(2-6-17)13-22-20-23-19(14-28-20)16-3-7-18(8-4-16)29(25,26)24-9-11-27-12-10-24/h1-8,14H,9-13H2,(H,22,23). The average Bonchev–Trinajstić information content (AvgIpc) is 3.23. The summed E-state index contributed by atoms with van der Waals surface area (Å²) in [5, 5.41) is 6.77. The first-order chi connectivity index (χ1) is 14.0. The molecule has 0 atom stereocenters. The number of rotatable bonds is 6. The van der Waals surface area contributed by atoms with Crippen LogP contribution in [0.5, 0.6) is 0 Å². The van der Waals surface area contributed by atoms with Crippen LogP contribution in [-0.4, -0.2) is 44.0 Å². The molecule has 1 fully saturated rings. The summed E-state index contributed by atoms with van der Waals surface area (Å²) in [5.41, 5.74) is 2.80. The number of thiazole rings is 1. The van der Waals surface area contributed by atoms with E-state index in [4.69, 9.17) is 16.3 Å². The van der Waals surface area contributed by atoms with E-state index in [1.54, 1.807) is 24.3 Å². The van der Waals surface area contributed by atoms with Gasteiger partial charge in [-0.05, 0) is 29.8 Å². The van der Waals surface area contributed by atoms with E-state index in [2.05, 4.69) is 10.3 Å². The van der Waals surface area contributed by atoms with Crippen LogP contribution in [-0.2, 0) is 21.3 Å². The first-order valence-electron chi connectivity index (χ1n) is 9.14. The quantitative estimate of drug-likeness (QED) is 0.613. The van der Waals surface area contributed by atoms with Crippen LogP contribution in [0.1, 0.15) is 5.56 Å². The smallest absolute Gasteiger partial charge is 0.243 e. The zero-order valence-electron chi connectivity index (χ0n) is 15.5. The maximum Gasteiger partial charge on any atom is 0.243 e. The largest absolute Gasteiger partial charge is 0.379 e. The van der Waals surface area contributed by atoms with E-state index in [9.17, 15) is 8.42 Å². The number of halogens is 1. The number of aromatic nitrogens is 1. The molecule has 6 nitrogen and oxygen atoms in total. The highest BCUT2D eigenvalue weighted by molar-refractivity contribution is 7.89. The summed E-state index contributed by atoms with van der Waals surface area (Å²) in [6.07, 6.45) is 0. The Morgan fingerprint density at radius 2 is 1.76 bits per heavy atom. The minimum atomic E-state index is -3.48. The summed E-state index contributed by atoms with van der Waals surface area (Å²) < 4.78 is 32.1. The Balaban J connectivity index is 1.43. The normalized spacial score (nSPS) is 15.3. The lowest BCUT2D eigenvalue weighted by Gasteiger charge is -2.26. The Bertz CT molecular complexity index is 1060. The van der Waals surface area contributed by atoms with Gasteiger partial charge >= 0.3 is 0 Å². The Kier molecular flexibility index (Phi) is 6.17. The molecule has 0 saturated carbocycles. The van der Waals surface area contributed by atoms with Crippen LogP contribution in [0, 0.1) is 0 Å². The third kappa shape index (κ3) is 4.79. The fourth-order valence-electron chi connectivity index (χ4n) is 3.00. The van der Waals surface area contributed by atoms with E-state index in [-0.39, 0.29) is 0 Å². The lowest BCUT2D eigenvalue weighted by Crippen LogP contribution is -2.40. The fraction of sp³-hybridized carbons (Fsp3) is 0.250. The molecule has 1 aliphatic heterocycles. The number of sulfonamides is 1. The van der Waals surface area contributed by atoms with Gasteiger partial charge in [-0.15, -0.1) is 11.3 Å². The molecule has 0 spiro atoms. The van der Waals surface area contributed by atoms with Gasteiger partial charge in [0.1, 0.15) is 0 Å². The van der Waals surface area contributed by atoms with Crippen molar-refractivity contribution >= 4 is 38.1 Å². The third-order valence-corrected chi connectivity index (χ3v) is 7.58. The predicted molar refractivity (Wildman–Crippen MR) is 116 cm³/mol. The molecule has 2 heterocycles. The number of nitrogens with zero attached hydrogens (tertiary/aromatic N) is 2. The lowest BCUT2D eigenvalue weighted by molar-refractivity contribution is 0.0730. The van der Waals surface area contributed by atoms with Gasteiger partial charge in [0.25, 0.3) is 0 Å². The highest BCUT2D eigenvalue weighted by Gasteiger charge is 2.26. The molecule has 9 heteroatoms. The van der Waals surface area contributed by atoms with Crippen molar-refractivity contribution in [3.8, 4) is 11.3 Å². The predicted octanol–water partition coefficient (Wildman–Crippen LogP) is 4.10. The van der Waals surface area contributed by atoms with E-state index in [1.165, 1.54) is 15.6 Å². The van der Waals surface area contributed by atoms with Crippen molar-refractivity contribution in [2.75, 3.05) is 31.6 Å². The molecule has 3 aromatic rings. The molecular formula is C20H20ClN3O3S2. The van der Waals surface area contributed by atoms with Crippen molar-refractivity contribution < 1.29 is 13.2 Å². The average molecular weight is 450 g/mol. The van der Waals surface area contributed by atoms with E-state index < -0.39 is 10.0 Å². The van der Waals surface area contributed by atoms with Crippen molar-refractivity contribution in [3.05, 3.63) is 64.5 Å². The Labute approximate surface area is 179 Å². The molecule has 0 unspecified atom stereocenters. The zero-order valence-corrected chi connectivity index (χ0v) is 17.9. The second kappa shape index (κ2) is 8.81. The summed E-state index contributed by atoms with van der Waals surface area (Å²) in [4.78, 5) is 4.89. The molecule has 0 aliphatic carbocycles. The van der Waals surface area contributed by atoms with Crippen LogP contribution in [0.2, 0.25) is 5.02 Å². The minimum absolute atomic E-state index is 0.291. The number of ether oxygens (including phenoxy) is 1. The summed E-state index contributed by atoms with van der Waals surface area (Å²) in [5.74, 6) is 0. The molecule has 0 radical (unpaired) electrons. The third-order valence-electron chi connectivity index (χ3n) is 4.62. The molecule has 1 aromatic heterocycles. The van der Waals surface area contributed by atoms with E-state index in [1.807, 2.05) is 29.6 Å². The molecule has 1 aliphatic rings. The Hall–Kier alpha value is -1.97. The number of nitrogens with one attached hydrogen (secondary N) is 1.